The molecule has 0 aliphatic heterocycles. The lowest BCUT2D eigenvalue weighted by Gasteiger charge is -2.08. The first-order chi connectivity index (χ1) is 7.91. The highest BCUT2D eigenvalue weighted by molar-refractivity contribution is 5.92. The van der Waals surface area contributed by atoms with Crippen molar-refractivity contribution in [1.82, 2.24) is 15.1 Å². The highest BCUT2D eigenvalue weighted by Gasteiger charge is 2.11. The van der Waals surface area contributed by atoms with Gasteiger partial charge in [0.15, 0.2) is 0 Å². The van der Waals surface area contributed by atoms with E-state index in [2.05, 4.69) is 29.6 Å². The smallest absolute Gasteiger partial charge is 0.225 e. The van der Waals surface area contributed by atoms with Crippen LogP contribution in [0.25, 0.3) is 0 Å². The second kappa shape index (κ2) is 5.82. The van der Waals surface area contributed by atoms with Gasteiger partial charge in [0.05, 0.1) is 17.1 Å². The van der Waals surface area contributed by atoms with E-state index in [0.29, 0.717) is 19.0 Å². The van der Waals surface area contributed by atoms with Crippen LogP contribution in [-0.4, -0.2) is 28.3 Å². The largest absolute Gasteiger partial charge is 0.323 e. The standard InChI is InChI=1S/C12H22N4O/c1-8(2)13-7-6-11(17)14-12-9(3)15-16(5)10(12)4/h8,13H,6-7H2,1-5H3,(H,14,17). The summed E-state index contributed by atoms with van der Waals surface area (Å²) in [7, 11) is 1.87. The van der Waals surface area contributed by atoms with Gasteiger partial charge < -0.3 is 10.6 Å². The monoisotopic (exact) mass is 238 g/mol. The maximum atomic E-state index is 11.7. The molecule has 1 aromatic heterocycles. The van der Waals surface area contributed by atoms with E-state index in [4.69, 9.17) is 0 Å². The van der Waals surface area contributed by atoms with Crippen LogP contribution in [0.15, 0.2) is 0 Å². The lowest BCUT2D eigenvalue weighted by atomic mass is 10.3. The summed E-state index contributed by atoms with van der Waals surface area (Å²) < 4.78 is 1.78. The minimum atomic E-state index is 0.0253. The molecule has 5 heteroatoms. The van der Waals surface area contributed by atoms with Crippen molar-refractivity contribution in [2.45, 2.75) is 40.2 Å². The highest BCUT2D eigenvalue weighted by atomic mass is 16.1. The molecule has 0 saturated carbocycles. The molecule has 0 aliphatic carbocycles. The Kier molecular flexibility index (Phi) is 4.69. The van der Waals surface area contributed by atoms with Crippen molar-refractivity contribution in [3.8, 4) is 0 Å². The van der Waals surface area contributed by atoms with Gasteiger partial charge in [-0.2, -0.15) is 5.10 Å². The molecule has 0 aliphatic rings. The van der Waals surface area contributed by atoms with Gasteiger partial charge in [-0.3, -0.25) is 9.48 Å². The van der Waals surface area contributed by atoms with Crippen LogP contribution in [0.2, 0.25) is 0 Å². The summed E-state index contributed by atoms with van der Waals surface area (Å²) in [5.41, 5.74) is 2.67. The lowest BCUT2D eigenvalue weighted by molar-refractivity contribution is -0.116. The Hall–Kier alpha value is -1.36. The Morgan fingerprint density at radius 1 is 1.41 bits per heavy atom. The topological polar surface area (TPSA) is 59.0 Å². The third-order valence-electron chi connectivity index (χ3n) is 2.68. The molecule has 1 aromatic rings. The molecule has 17 heavy (non-hydrogen) atoms. The molecule has 0 bridgehead atoms. The zero-order chi connectivity index (χ0) is 13.0. The molecule has 1 rings (SSSR count). The van der Waals surface area contributed by atoms with E-state index < -0.39 is 0 Å². The first kappa shape index (κ1) is 13.7. The van der Waals surface area contributed by atoms with Crippen LogP contribution in [0.4, 0.5) is 5.69 Å². The van der Waals surface area contributed by atoms with Crippen molar-refractivity contribution in [2.24, 2.45) is 7.05 Å². The van der Waals surface area contributed by atoms with Gasteiger partial charge in [-0.25, -0.2) is 0 Å². The first-order valence-electron chi connectivity index (χ1n) is 5.95. The average Bonchev–Trinajstić information content (AvgIpc) is 2.44. The zero-order valence-electron chi connectivity index (χ0n) is 11.3. The Bertz CT molecular complexity index is 395. The number of carbonyl (C=O) groups is 1. The van der Waals surface area contributed by atoms with Gasteiger partial charge in [0, 0.05) is 26.1 Å². The molecule has 0 radical (unpaired) electrons. The quantitative estimate of drug-likeness (QED) is 0.814. The van der Waals surface area contributed by atoms with Gasteiger partial charge in [0.1, 0.15) is 0 Å². The summed E-state index contributed by atoms with van der Waals surface area (Å²) in [6.45, 7) is 8.67. The molecular formula is C12H22N4O. The molecule has 96 valence electrons. The number of nitrogens with zero attached hydrogens (tertiary/aromatic N) is 2. The first-order valence-corrected chi connectivity index (χ1v) is 5.95. The van der Waals surface area contributed by atoms with E-state index in [9.17, 15) is 4.79 Å². The number of amides is 1. The van der Waals surface area contributed by atoms with E-state index in [1.807, 2.05) is 20.9 Å². The maximum absolute atomic E-state index is 11.7. The predicted octanol–water partition coefficient (Wildman–Crippen LogP) is 1.36. The highest BCUT2D eigenvalue weighted by Crippen LogP contribution is 2.18. The minimum absolute atomic E-state index is 0.0253. The Morgan fingerprint density at radius 3 is 2.53 bits per heavy atom. The van der Waals surface area contributed by atoms with Crippen LogP contribution in [0.5, 0.6) is 0 Å². The van der Waals surface area contributed by atoms with Crippen LogP contribution < -0.4 is 10.6 Å². The third kappa shape index (κ3) is 3.85. The van der Waals surface area contributed by atoms with Gasteiger partial charge in [-0.05, 0) is 13.8 Å². The molecule has 1 heterocycles. The van der Waals surface area contributed by atoms with E-state index in [-0.39, 0.29) is 5.91 Å². The summed E-state index contributed by atoms with van der Waals surface area (Å²) in [5.74, 6) is 0.0253. The van der Waals surface area contributed by atoms with Gasteiger partial charge >= 0.3 is 0 Å². The molecule has 0 spiro atoms. The second-order valence-corrected chi connectivity index (χ2v) is 4.58. The number of aromatic nitrogens is 2. The maximum Gasteiger partial charge on any atom is 0.225 e. The minimum Gasteiger partial charge on any atom is -0.323 e. The fourth-order valence-corrected chi connectivity index (χ4v) is 1.63. The fraction of sp³-hybridized carbons (Fsp3) is 0.667. The summed E-state index contributed by atoms with van der Waals surface area (Å²) in [6.07, 6.45) is 0.478. The Morgan fingerprint density at radius 2 is 2.06 bits per heavy atom. The molecule has 0 atom stereocenters. The van der Waals surface area contributed by atoms with Crippen molar-refractivity contribution in [3.63, 3.8) is 0 Å². The molecular weight excluding hydrogens is 216 g/mol. The summed E-state index contributed by atoms with van der Waals surface area (Å²) >= 11 is 0. The molecule has 0 fully saturated rings. The number of rotatable bonds is 5. The summed E-state index contributed by atoms with van der Waals surface area (Å²) in [4.78, 5) is 11.7. The van der Waals surface area contributed by atoms with Crippen LogP contribution >= 0.6 is 0 Å². The predicted molar refractivity (Wildman–Crippen MR) is 69.1 cm³/mol. The van der Waals surface area contributed by atoms with Gasteiger partial charge in [-0.15, -0.1) is 0 Å². The van der Waals surface area contributed by atoms with Gasteiger partial charge in [0.25, 0.3) is 0 Å². The number of nitrogens with one attached hydrogen (secondary N) is 2. The summed E-state index contributed by atoms with van der Waals surface area (Å²) in [6, 6.07) is 0.407. The number of anilines is 1. The van der Waals surface area contributed by atoms with Crippen LogP contribution in [0, 0.1) is 13.8 Å². The number of aryl methyl sites for hydroxylation is 2. The SMILES string of the molecule is Cc1nn(C)c(C)c1NC(=O)CCNC(C)C. The average molecular weight is 238 g/mol. The van der Waals surface area contributed by atoms with Crippen molar-refractivity contribution in [3.05, 3.63) is 11.4 Å². The normalized spacial score (nSPS) is 10.9. The van der Waals surface area contributed by atoms with Crippen molar-refractivity contribution in [2.75, 3.05) is 11.9 Å². The van der Waals surface area contributed by atoms with Gasteiger partial charge in [0.2, 0.25) is 5.91 Å². The van der Waals surface area contributed by atoms with E-state index >= 15 is 0 Å². The zero-order valence-corrected chi connectivity index (χ0v) is 11.3. The van der Waals surface area contributed by atoms with Crippen molar-refractivity contribution >= 4 is 11.6 Å². The van der Waals surface area contributed by atoms with Crippen LogP contribution in [0.1, 0.15) is 31.7 Å². The molecule has 0 saturated heterocycles. The third-order valence-corrected chi connectivity index (χ3v) is 2.68. The number of hydrogen-bond acceptors (Lipinski definition) is 3. The van der Waals surface area contributed by atoms with E-state index in [1.165, 1.54) is 0 Å². The molecule has 0 aromatic carbocycles. The lowest BCUT2D eigenvalue weighted by Crippen LogP contribution is -2.27. The molecule has 2 N–H and O–H groups in total. The van der Waals surface area contributed by atoms with Crippen LogP contribution in [-0.2, 0) is 11.8 Å². The molecule has 5 nitrogen and oxygen atoms in total. The molecule has 1 amide bonds. The second-order valence-electron chi connectivity index (χ2n) is 4.58. The van der Waals surface area contributed by atoms with E-state index in [0.717, 1.165) is 17.1 Å². The summed E-state index contributed by atoms with van der Waals surface area (Å²) in [5, 5.41) is 10.4. The number of carbonyl (C=O) groups excluding carboxylic acids is 1. The Balaban J connectivity index is 2.51. The fourth-order valence-electron chi connectivity index (χ4n) is 1.63. The Labute approximate surface area is 103 Å². The van der Waals surface area contributed by atoms with Gasteiger partial charge in [-0.1, -0.05) is 13.8 Å². The van der Waals surface area contributed by atoms with Crippen molar-refractivity contribution < 1.29 is 4.79 Å². The van der Waals surface area contributed by atoms with E-state index in [1.54, 1.807) is 4.68 Å². The van der Waals surface area contributed by atoms with Crippen molar-refractivity contribution in [1.29, 1.82) is 0 Å². The van der Waals surface area contributed by atoms with Crippen LogP contribution in [0.3, 0.4) is 0 Å². The number of hydrogen-bond donors (Lipinski definition) is 2. The molecule has 0 unspecified atom stereocenters.